The van der Waals surface area contributed by atoms with Gasteiger partial charge in [-0.1, -0.05) is 6.07 Å². The van der Waals surface area contributed by atoms with E-state index in [1.807, 2.05) is 12.1 Å². The lowest BCUT2D eigenvalue weighted by Gasteiger charge is -2.17. The van der Waals surface area contributed by atoms with E-state index in [9.17, 15) is 0 Å². The molecule has 1 aromatic carbocycles. The zero-order chi connectivity index (χ0) is 11.4. The van der Waals surface area contributed by atoms with Crippen molar-refractivity contribution in [3.8, 4) is 11.5 Å². The first-order valence-electron chi connectivity index (χ1n) is 5.77. The number of hydrogen-bond acceptors (Lipinski definition) is 3. The number of ether oxygens (including phenoxy) is 2. The fourth-order valence-electron chi connectivity index (χ4n) is 2.16. The highest BCUT2D eigenvalue weighted by Crippen LogP contribution is 2.26. The first kappa shape index (κ1) is 11.3. The Hall–Kier alpha value is -1.22. The van der Waals surface area contributed by atoms with Gasteiger partial charge in [0.05, 0.1) is 14.2 Å². The molecule has 3 heteroatoms. The molecule has 0 saturated carbocycles. The van der Waals surface area contributed by atoms with Crippen molar-refractivity contribution in [2.45, 2.75) is 19.4 Å². The first-order valence-corrected chi connectivity index (χ1v) is 5.77. The molecule has 0 unspecified atom stereocenters. The Balaban J connectivity index is 2.12. The highest BCUT2D eigenvalue weighted by Gasteiger charge is 2.14. The zero-order valence-electron chi connectivity index (χ0n) is 10.0. The predicted molar refractivity (Wildman–Crippen MR) is 64.1 cm³/mol. The Kier molecular flexibility index (Phi) is 3.67. The maximum Gasteiger partial charge on any atom is 0.127 e. The number of methoxy groups -OCH3 is 2. The van der Waals surface area contributed by atoms with Gasteiger partial charge < -0.3 is 9.47 Å². The van der Waals surface area contributed by atoms with Gasteiger partial charge in [-0.05, 0) is 32.0 Å². The van der Waals surface area contributed by atoms with Crippen LogP contribution in [0.15, 0.2) is 18.2 Å². The molecule has 2 rings (SSSR count). The van der Waals surface area contributed by atoms with Crippen molar-refractivity contribution in [1.29, 1.82) is 0 Å². The van der Waals surface area contributed by atoms with Crippen molar-refractivity contribution in [2.24, 2.45) is 0 Å². The molecular formula is C13H19NO2. The molecule has 0 aromatic heterocycles. The van der Waals surface area contributed by atoms with Crippen LogP contribution in [-0.4, -0.2) is 32.2 Å². The first-order chi connectivity index (χ1) is 7.83. The van der Waals surface area contributed by atoms with Crippen LogP contribution in [0, 0.1) is 0 Å². The minimum Gasteiger partial charge on any atom is -0.497 e. The van der Waals surface area contributed by atoms with Crippen molar-refractivity contribution in [3.63, 3.8) is 0 Å². The molecule has 0 aliphatic carbocycles. The molecule has 3 nitrogen and oxygen atoms in total. The second-order valence-corrected chi connectivity index (χ2v) is 4.16. The van der Waals surface area contributed by atoms with Crippen LogP contribution >= 0.6 is 0 Å². The molecule has 1 saturated heterocycles. The Morgan fingerprint density at radius 1 is 1.12 bits per heavy atom. The van der Waals surface area contributed by atoms with Gasteiger partial charge in [0.2, 0.25) is 0 Å². The SMILES string of the molecule is COc1ccc(CN2CCCC2)c(OC)c1. The smallest absolute Gasteiger partial charge is 0.127 e. The summed E-state index contributed by atoms with van der Waals surface area (Å²) < 4.78 is 10.6. The molecular weight excluding hydrogens is 202 g/mol. The standard InChI is InChI=1S/C13H19NO2/c1-15-12-6-5-11(13(9-12)16-2)10-14-7-3-4-8-14/h5-6,9H,3-4,7-8,10H2,1-2H3. The normalized spacial score (nSPS) is 16.4. The molecule has 1 aliphatic heterocycles. The van der Waals surface area contributed by atoms with Gasteiger partial charge in [0, 0.05) is 18.2 Å². The van der Waals surface area contributed by atoms with Crippen molar-refractivity contribution in [1.82, 2.24) is 4.90 Å². The van der Waals surface area contributed by atoms with Crippen molar-refractivity contribution in [3.05, 3.63) is 23.8 Å². The van der Waals surface area contributed by atoms with Crippen molar-refractivity contribution in [2.75, 3.05) is 27.3 Å². The molecule has 1 fully saturated rings. The Labute approximate surface area is 97.0 Å². The Morgan fingerprint density at radius 2 is 1.88 bits per heavy atom. The Bertz CT molecular complexity index is 346. The molecule has 88 valence electrons. The summed E-state index contributed by atoms with van der Waals surface area (Å²) in [4.78, 5) is 2.46. The van der Waals surface area contributed by atoms with Crippen LogP contribution in [0.4, 0.5) is 0 Å². The van der Waals surface area contributed by atoms with Gasteiger partial charge in [0.1, 0.15) is 11.5 Å². The van der Waals surface area contributed by atoms with Gasteiger partial charge in [-0.15, -0.1) is 0 Å². The van der Waals surface area contributed by atoms with Crippen LogP contribution in [0.5, 0.6) is 11.5 Å². The zero-order valence-corrected chi connectivity index (χ0v) is 10.0. The van der Waals surface area contributed by atoms with Crippen LogP contribution in [-0.2, 0) is 6.54 Å². The molecule has 0 spiro atoms. The highest BCUT2D eigenvalue weighted by atomic mass is 16.5. The van der Waals surface area contributed by atoms with Gasteiger partial charge >= 0.3 is 0 Å². The second kappa shape index (κ2) is 5.21. The summed E-state index contributed by atoms with van der Waals surface area (Å²) in [5.74, 6) is 1.77. The summed E-state index contributed by atoms with van der Waals surface area (Å²) in [5, 5.41) is 0. The summed E-state index contributed by atoms with van der Waals surface area (Å²) in [5.41, 5.74) is 1.24. The number of benzene rings is 1. The largest absolute Gasteiger partial charge is 0.497 e. The molecule has 0 radical (unpaired) electrons. The van der Waals surface area contributed by atoms with Crippen LogP contribution in [0.3, 0.4) is 0 Å². The molecule has 0 bridgehead atoms. The molecule has 1 heterocycles. The third-order valence-electron chi connectivity index (χ3n) is 3.09. The maximum atomic E-state index is 5.39. The molecule has 0 N–H and O–H groups in total. The number of hydrogen-bond donors (Lipinski definition) is 0. The number of likely N-dealkylation sites (tertiary alicyclic amines) is 1. The van der Waals surface area contributed by atoms with Gasteiger partial charge in [-0.25, -0.2) is 0 Å². The third-order valence-corrected chi connectivity index (χ3v) is 3.09. The average molecular weight is 221 g/mol. The topological polar surface area (TPSA) is 21.7 Å². The fourth-order valence-corrected chi connectivity index (χ4v) is 2.16. The lowest BCUT2D eigenvalue weighted by molar-refractivity contribution is 0.319. The minimum absolute atomic E-state index is 0.849. The average Bonchev–Trinajstić information content (AvgIpc) is 2.82. The van der Waals surface area contributed by atoms with E-state index < -0.39 is 0 Å². The van der Waals surface area contributed by atoms with Crippen molar-refractivity contribution >= 4 is 0 Å². The lowest BCUT2D eigenvalue weighted by Crippen LogP contribution is -2.18. The summed E-state index contributed by atoms with van der Waals surface area (Å²) in [6.07, 6.45) is 2.64. The maximum absolute atomic E-state index is 5.39. The van der Waals surface area contributed by atoms with E-state index in [4.69, 9.17) is 9.47 Å². The van der Waals surface area contributed by atoms with Crippen LogP contribution in [0.1, 0.15) is 18.4 Å². The van der Waals surface area contributed by atoms with E-state index in [0.717, 1.165) is 18.0 Å². The number of nitrogens with zero attached hydrogens (tertiary/aromatic N) is 1. The van der Waals surface area contributed by atoms with E-state index in [1.165, 1.54) is 31.5 Å². The van der Waals surface area contributed by atoms with E-state index >= 15 is 0 Å². The van der Waals surface area contributed by atoms with E-state index in [0.29, 0.717) is 0 Å². The van der Waals surface area contributed by atoms with Gasteiger partial charge in [0.15, 0.2) is 0 Å². The molecule has 1 aliphatic rings. The fraction of sp³-hybridized carbons (Fsp3) is 0.538. The summed E-state index contributed by atoms with van der Waals surface area (Å²) >= 11 is 0. The summed E-state index contributed by atoms with van der Waals surface area (Å²) in [6, 6.07) is 6.04. The lowest BCUT2D eigenvalue weighted by atomic mass is 10.2. The van der Waals surface area contributed by atoms with Crippen molar-refractivity contribution < 1.29 is 9.47 Å². The molecule has 16 heavy (non-hydrogen) atoms. The van der Waals surface area contributed by atoms with E-state index in [2.05, 4.69) is 11.0 Å². The molecule has 0 amide bonds. The van der Waals surface area contributed by atoms with E-state index in [1.54, 1.807) is 14.2 Å². The van der Waals surface area contributed by atoms with Gasteiger partial charge in [-0.3, -0.25) is 4.90 Å². The molecule has 1 aromatic rings. The monoisotopic (exact) mass is 221 g/mol. The van der Waals surface area contributed by atoms with E-state index in [-0.39, 0.29) is 0 Å². The van der Waals surface area contributed by atoms with Gasteiger partial charge in [-0.2, -0.15) is 0 Å². The highest BCUT2D eigenvalue weighted by molar-refractivity contribution is 5.40. The predicted octanol–water partition coefficient (Wildman–Crippen LogP) is 2.30. The summed E-state index contributed by atoms with van der Waals surface area (Å²) in [6.45, 7) is 3.39. The van der Waals surface area contributed by atoms with Gasteiger partial charge in [0.25, 0.3) is 0 Å². The number of rotatable bonds is 4. The summed E-state index contributed by atoms with van der Waals surface area (Å²) in [7, 11) is 3.39. The quantitative estimate of drug-likeness (QED) is 0.778. The second-order valence-electron chi connectivity index (χ2n) is 4.16. The minimum atomic E-state index is 0.849. The Morgan fingerprint density at radius 3 is 2.50 bits per heavy atom. The molecule has 0 atom stereocenters. The van der Waals surface area contributed by atoms with Crippen LogP contribution in [0.25, 0.3) is 0 Å². The third kappa shape index (κ3) is 2.47. The van der Waals surface area contributed by atoms with Crippen LogP contribution in [0.2, 0.25) is 0 Å². The van der Waals surface area contributed by atoms with Crippen LogP contribution < -0.4 is 9.47 Å².